The van der Waals surface area contributed by atoms with E-state index < -0.39 is 0 Å². The van der Waals surface area contributed by atoms with Gasteiger partial charge in [-0.1, -0.05) is 27.7 Å². The Morgan fingerprint density at radius 1 is 1.21 bits per heavy atom. The minimum absolute atomic E-state index is 0.289. The van der Waals surface area contributed by atoms with Gasteiger partial charge in [-0.25, -0.2) is 0 Å². The molecule has 0 spiro atoms. The second-order valence-electron chi connectivity index (χ2n) is 4.75. The first kappa shape index (κ1) is 13.9. The van der Waals surface area contributed by atoms with E-state index in [1.165, 1.54) is 12.8 Å². The number of nitrogens with two attached hydrogens (primary N) is 1. The predicted octanol–water partition coefficient (Wildman–Crippen LogP) is 2.48. The van der Waals surface area contributed by atoms with E-state index in [1.54, 1.807) is 0 Å². The van der Waals surface area contributed by atoms with Gasteiger partial charge in [-0.2, -0.15) is 0 Å². The Balaban J connectivity index is 4.20. The van der Waals surface area contributed by atoms with E-state index in [9.17, 15) is 0 Å². The van der Waals surface area contributed by atoms with Crippen molar-refractivity contribution in [2.45, 2.75) is 53.0 Å². The van der Waals surface area contributed by atoms with Gasteiger partial charge >= 0.3 is 0 Å². The highest BCUT2D eigenvalue weighted by molar-refractivity contribution is 4.79. The summed E-state index contributed by atoms with van der Waals surface area (Å²) in [6.07, 6.45) is 3.63. The molecule has 0 rings (SSSR count). The summed E-state index contributed by atoms with van der Waals surface area (Å²) in [6, 6.07) is 0.715. The van der Waals surface area contributed by atoms with Gasteiger partial charge in [-0.3, -0.25) is 0 Å². The molecular formula is C12H28N2. The van der Waals surface area contributed by atoms with E-state index in [-0.39, 0.29) is 5.41 Å². The van der Waals surface area contributed by atoms with E-state index in [2.05, 4.69) is 39.6 Å². The average molecular weight is 200 g/mol. The minimum Gasteiger partial charge on any atom is -0.330 e. The average Bonchev–Trinajstić information content (AvgIpc) is 2.19. The molecule has 0 aromatic heterocycles. The second kappa shape index (κ2) is 6.41. The van der Waals surface area contributed by atoms with Crippen LogP contribution in [-0.4, -0.2) is 31.1 Å². The fourth-order valence-electron chi connectivity index (χ4n) is 1.96. The Labute approximate surface area is 89.9 Å². The number of hydrogen-bond acceptors (Lipinski definition) is 2. The molecule has 0 aliphatic rings. The molecule has 0 aromatic rings. The van der Waals surface area contributed by atoms with E-state index in [4.69, 9.17) is 5.73 Å². The molecule has 2 nitrogen and oxygen atoms in total. The molecule has 86 valence electrons. The van der Waals surface area contributed by atoms with E-state index in [0.717, 1.165) is 19.5 Å². The van der Waals surface area contributed by atoms with Crippen LogP contribution in [0.1, 0.15) is 47.0 Å². The summed E-state index contributed by atoms with van der Waals surface area (Å²) < 4.78 is 0. The van der Waals surface area contributed by atoms with Crippen LogP contribution in [0.25, 0.3) is 0 Å². The molecule has 2 N–H and O–H groups in total. The van der Waals surface area contributed by atoms with Crippen molar-refractivity contribution in [3.63, 3.8) is 0 Å². The molecule has 1 unspecified atom stereocenters. The second-order valence-corrected chi connectivity index (χ2v) is 4.75. The predicted molar refractivity (Wildman–Crippen MR) is 64.5 cm³/mol. The molecule has 0 heterocycles. The Hall–Kier alpha value is -0.0800. The van der Waals surface area contributed by atoms with Crippen molar-refractivity contribution in [2.75, 3.05) is 20.1 Å². The molecule has 0 amide bonds. The van der Waals surface area contributed by atoms with E-state index >= 15 is 0 Å². The lowest BCUT2D eigenvalue weighted by Crippen LogP contribution is -2.42. The topological polar surface area (TPSA) is 29.3 Å². The van der Waals surface area contributed by atoms with Crippen LogP contribution in [0.5, 0.6) is 0 Å². The SMILES string of the molecule is CCC(CC)N(C)CC(C)(CC)CN. The lowest BCUT2D eigenvalue weighted by Gasteiger charge is -2.35. The summed E-state index contributed by atoms with van der Waals surface area (Å²) in [4.78, 5) is 2.47. The van der Waals surface area contributed by atoms with Gasteiger partial charge in [0.1, 0.15) is 0 Å². The molecule has 2 heteroatoms. The highest BCUT2D eigenvalue weighted by atomic mass is 15.1. The molecule has 0 saturated heterocycles. The monoisotopic (exact) mass is 200 g/mol. The Kier molecular flexibility index (Phi) is 6.38. The Morgan fingerprint density at radius 3 is 2.00 bits per heavy atom. The summed E-state index contributed by atoms with van der Waals surface area (Å²) in [7, 11) is 2.22. The van der Waals surface area contributed by atoms with Crippen LogP contribution >= 0.6 is 0 Å². The highest BCUT2D eigenvalue weighted by Crippen LogP contribution is 2.22. The Morgan fingerprint density at radius 2 is 1.71 bits per heavy atom. The zero-order valence-corrected chi connectivity index (χ0v) is 10.6. The van der Waals surface area contributed by atoms with E-state index in [0.29, 0.717) is 6.04 Å². The molecule has 1 atom stereocenters. The van der Waals surface area contributed by atoms with Crippen LogP contribution in [0.4, 0.5) is 0 Å². The lowest BCUT2D eigenvalue weighted by atomic mass is 9.86. The van der Waals surface area contributed by atoms with Gasteiger partial charge in [0.15, 0.2) is 0 Å². The number of nitrogens with zero attached hydrogens (tertiary/aromatic N) is 1. The third-order valence-corrected chi connectivity index (χ3v) is 3.54. The van der Waals surface area contributed by atoms with E-state index in [1.807, 2.05) is 0 Å². The number of rotatable bonds is 7. The Bertz CT molecular complexity index is 137. The van der Waals surface area contributed by atoms with Gasteiger partial charge in [0.2, 0.25) is 0 Å². The van der Waals surface area contributed by atoms with Gasteiger partial charge in [0, 0.05) is 12.6 Å². The lowest BCUT2D eigenvalue weighted by molar-refractivity contribution is 0.142. The fourth-order valence-corrected chi connectivity index (χ4v) is 1.96. The molecule has 0 saturated carbocycles. The summed E-state index contributed by atoms with van der Waals surface area (Å²) >= 11 is 0. The van der Waals surface area contributed by atoms with Crippen molar-refractivity contribution in [2.24, 2.45) is 11.1 Å². The van der Waals surface area contributed by atoms with Gasteiger partial charge < -0.3 is 10.6 Å². The highest BCUT2D eigenvalue weighted by Gasteiger charge is 2.24. The maximum atomic E-state index is 5.82. The molecule has 0 fully saturated rings. The van der Waals surface area contributed by atoms with Crippen LogP contribution in [0.2, 0.25) is 0 Å². The third kappa shape index (κ3) is 3.97. The zero-order valence-electron chi connectivity index (χ0n) is 10.6. The molecule has 0 radical (unpaired) electrons. The first-order chi connectivity index (χ1) is 6.52. The molecule has 0 aliphatic heterocycles. The standard InChI is InChI=1S/C12H28N2/c1-6-11(7-2)14(5)10-12(4,8-3)9-13/h11H,6-10,13H2,1-5H3. The summed E-state index contributed by atoms with van der Waals surface area (Å²) in [5.41, 5.74) is 6.11. The van der Waals surface area contributed by atoms with Crippen LogP contribution in [0.15, 0.2) is 0 Å². The summed E-state index contributed by atoms with van der Waals surface area (Å²) in [5, 5.41) is 0. The van der Waals surface area contributed by atoms with Crippen molar-refractivity contribution >= 4 is 0 Å². The quantitative estimate of drug-likeness (QED) is 0.684. The van der Waals surface area contributed by atoms with Crippen molar-refractivity contribution in [1.29, 1.82) is 0 Å². The zero-order chi connectivity index (χ0) is 11.2. The first-order valence-electron chi connectivity index (χ1n) is 5.93. The fraction of sp³-hybridized carbons (Fsp3) is 1.00. The van der Waals surface area contributed by atoms with Crippen molar-refractivity contribution in [1.82, 2.24) is 4.90 Å². The maximum Gasteiger partial charge on any atom is 0.00872 e. The third-order valence-electron chi connectivity index (χ3n) is 3.54. The number of hydrogen-bond donors (Lipinski definition) is 1. The normalized spacial score (nSPS) is 16.3. The molecule has 14 heavy (non-hydrogen) atoms. The smallest absolute Gasteiger partial charge is 0.00872 e. The maximum absolute atomic E-state index is 5.82. The summed E-state index contributed by atoms with van der Waals surface area (Å²) in [6.45, 7) is 10.9. The van der Waals surface area contributed by atoms with Crippen LogP contribution < -0.4 is 5.73 Å². The van der Waals surface area contributed by atoms with Gasteiger partial charge in [0.25, 0.3) is 0 Å². The summed E-state index contributed by atoms with van der Waals surface area (Å²) in [5.74, 6) is 0. The first-order valence-corrected chi connectivity index (χ1v) is 5.93. The molecule has 0 aliphatic carbocycles. The van der Waals surface area contributed by atoms with Crippen LogP contribution in [-0.2, 0) is 0 Å². The largest absolute Gasteiger partial charge is 0.330 e. The van der Waals surface area contributed by atoms with Crippen LogP contribution in [0, 0.1) is 5.41 Å². The molecule has 0 bridgehead atoms. The minimum atomic E-state index is 0.289. The van der Waals surface area contributed by atoms with Gasteiger partial charge in [-0.15, -0.1) is 0 Å². The van der Waals surface area contributed by atoms with Crippen molar-refractivity contribution in [3.8, 4) is 0 Å². The van der Waals surface area contributed by atoms with Crippen molar-refractivity contribution < 1.29 is 0 Å². The van der Waals surface area contributed by atoms with Crippen molar-refractivity contribution in [3.05, 3.63) is 0 Å². The van der Waals surface area contributed by atoms with Gasteiger partial charge in [0.05, 0.1) is 0 Å². The van der Waals surface area contributed by atoms with Gasteiger partial charge in [-0.05, 0) is 38.3 Å². The van der Waals surface area contributed by atoms with Crippen LogP contribution in [0.3, 0.4) is 0 Å². The molecule has 0 aromatic carbocycles. The molecular weight excluding hydrogens is 172 g/mol.